The van der Waals surface area contributed by atoms with Gasteiger partial charge in [0.05, 0.1) is 99.3 Å². The van der Waals surface area contributed by atoms with Crippen LogP contribution in [0.1, 0.15) is 150 Å². The Bertz CT molecular complexity index is 3010. The second-order valence-corrected chi connectivity index (χ2v) is 18.3. The number of nitrogens with zero attached hydrogens (tertiary/aromatic N) is 6. The van der Waals surface area contributed by atoms with E-state index in [1.54, 1.807) is 66.8 Å². The molecule has 0 aliphatic carbocycles. The largest absolute Gasteiger partial charge is 0.302 e. The Kier molecular flexibility index (Phi) is 6.79. The van der Waals surface area contributed by atoms with E-state index < -0.39 is 0 Å². The Morgan fingerprint density at radius 1 is 0.150 bits per heavy atom. The van der Waals surface area contributed by atoms with Gasteiger partial charge in [0.2, 0.25) is 0 Å². The minimum Gasteiger partial charge on any atom is -0.302 e. The van der Waals surface area contributed by atoms with Crippen molar-refractivity contribution in [2.75, 3.05) is 0 Å². The number of hydrogen-bond donors (Lipinski definition) is 0. The molecule has 0 bridgehead atoms. The molecule has 13 aromatic rings. The van der Waals surface area contributed by atoms with E-state index in [-0.39, 0.29) is 0 Å². The van der Waals surface area contributed by atoms with E-state index in [1.807, 2.05) is 0 Å². The maximum atomic E-state index is 2.88. The molecule has 0 fully saturated rings. The molecule has 13 rings (SSSR count). The van der Waals surface area contributed by atoms with Crippen LogP contribution in [0.15, 0.2) is 0 Å². The number of hydrogen-bond acceptors (Lipinski definition) is 0. The van der Waals surface area contributed by atoms with Crippen molar-refractivity contribution in [1.29, 1.82) is 0 Å². The van der Waals surface area contributed by atoms with Gasteiger partial charge in [-0.3, -0.25) is 0 Å². The molecule has 0 N–H and O–H groups in total. The van der Waals surface area contributed by atoms with Gasteiger partial charge in [-0.15, -0.1) is 0 Å². The SMILES string of the molecule is CCc1c(CC)c2c3c(CC)c(CC)c4c5c(CC)c(CC)c6c7c(CC)c(CC)c8c9c(CC)c(CC)c%10c%11c(CC)c(CC)c%12c1n2c1c(c(c(c(c1n34)n56)n87)n%109)n%12%11. The van der Waals surface area contributed by atoms with Crippen LogP contribution in [0.2, 0.25) is 0 Å². The zero-order chi connectivity index (χ0) is 41.3. The second-order valence-electron chi connectivity index (χ2n) is 18.3. The van der Waals surface area contributed by atoms with Gasteiger partial charge < -0.3 is 26.4 Å². The quantitative estimate of drug-likeness (QED) is 0.0870. The Morgan fingerprint density at radius 3 is 0.300 bits per heavy atom. The van der Waals surface area contributed by atoms with Gasteiger partial charge in [-0.2, -0.15) is 0 Å². The number of fused-ring (bicyclic) bond motifs is 6. The van der Waals surface area contributed by atoms with Crippen LogP contribution in [-0.2, 0) is 77.0 Å². The first-order valence-electron chi connectivity index (χ1n) is 24.3. The fourth-order valence-corrected chi connectivity index (χ4v) is 14.8. The summed E-state index contributed by atoms with van der Waals surface area (Å²) < 4.78 is 17.3. The van der Waals surface area contributed by atoms with Crippen LogP contribution >= 0.6 is 0 Å². The smallest absolute Gasteiger partial charge is 0.0993 e. The molecule has 0 saturated heterocycles. The van der Waals surface area contributed by atoms with Crippen molar-refractivity contribution in [2.24, 2.45) is 0 Å². The lowest BCUT2D eigenvalue weighted by Gasteiger charge is -2.27. The maximum absolute atomic E-state index is 2.88. The molecular formula is C54H60N6. The van der Waals surface area contributed by atoms with Crippen molar-refractivity contribution in [2.45, 2.75) is 160 Å². The summed E-state index contributed by atoms with van der Waals surface area (Å²) in [6, 6.07) is 0. The zero-order valence-electron chi connectivity index (χ0n) is 38.2. The molecule has 0 aliphatic heterocycles. The van der Waals surface area contributed by atoms with Crippen molar-refractivity contribution < 1.29 is 0 Å². The number of aromatic nitrogens is 6. The van der Waals surface area contributed by atoms with Crippen LogP contribution < -0.4 is 0 Å². The van der Waals surface area contributed by atoms with Gasteiger partial charge in [0.25, 0.3) is 0 Å². The fourth-order valence-electron chi connectivity index (χ4n) is 14.8. The molecular weight excluding hydrogens is 733 g/mol. The predicted octanol–water partition coefficient (Wildman–Crippen LogP) is 13.5. The average molecular weight is 793 g/mol. The lowest BCUT2D eigenvalue weighted by atomic mass is 9.99. The average Bonchev–Trinajstić information content (AvgIpc) is 4.10. The van der Waals surface area contributed by atoms with Gasteiger partial charge in [-0.25, -0.2) is 0 Å². The van der Waals surface area contributed by atoms with Crippen molar-refractivity contribution in [3.63, 3.8) is 0 Å². The molecule has 60 heavy (non-hydrogen) atoms. The van der Waals surface area contributed by atoms with Gasteiger partial charge in [-0.05, 0) is 144 Å². The van der Waals surface area contributed by atoms with E-state index in [4.69, 9.17) is 0 Å². The number of aryl methyl sites for hydroxylation is 12. The van der Waals surface area contributed by atoms with E-state index in [2.05, 4.69) is 109 Å². The number of rotatable bonds is 12. The van der Waals surface area contributed by atoms with Crippen molar-refractivity contribution in [3.8, 4) is 0 Å². The predicted molar refractivity (Wildman–Crippen MR) is 257 cm³/mol. The van der Waals surface area contributed by atoms with E-state index in [9.17, 15) is 0 Å². The summed E-state index contributed by atoms with van der Waals surface area (Å²) in [5, 5.41) is 0. The molecule has 12 heterocycles. The van der Waals surface area contributed by atoms with Crippen molar-refractivity contribution >= 4 is 99.3 Å². The third-order valence-electron chi connectivity index (χ3n) is 16.6. The van der Waals surface area contributed by atoms with E-state index in [0.717, 1.165) is 77.0 Å². The normalized spacial score (nSPS) is 13.8. The monoisotopic (exact) mass is 792 g/mol. The molecule has 12 aromatic heterocycles. The first kappa shape index (κ1) is 35.6. The Balaban J connectivity index is 1.59. The Hall–Kier alpha value is -5.10. The highest BCUT2D eigenvalue weighted by molar-refractivity contribution is 6.31. The summed E-state index contributed by atoms with van der Waals surface area (Å²) in [4.78, 5) is 0. The standard InChI is InChI=1S/C54H60N6/c1-13-25-26(14-2)38-40-29(17-5)30(18-6)43-44-33(21-9)34(22-10)46-48-36(24-12)35(23-11)47-45-32(20-8)31(19-7)42-41-28(16-4)27(15-3)39-37(25)55(38)49-50(56(39)41)52(58(42)45)54(60(47)48)53(59(44)46)51(49)57(40)43/h13-24H2,1-12H3. The first-order chi connectivity index (χ1) is 29.4. The van der Waals surface area contributed by atoms with Gasteiger partial charge >= 0.3 is 0 Å². The van der Waals surface area contributed by atoms with Crippen LogP contribution in [0.3, 0.4) is 0 Å². The zero-order valence-corrected chi connectivity index (χ0v) is 38.2. The Morgan fingerprint density at radius 2 is 0.233 bits per heavy atom. The van der Waals surface area contributed by atoms with Gasteiger partial charge in [0.15, 0.2) is 0 Å². The topological polar surface area (TPSA) is 26.5 Å². The minimum atomic E-state index is 1.03. The highest BCUT2D eigenvalue weighted by atomic mass is 15.2. The maximum Gasteiger partial charge on any atom is 0.0993 e. The number of benzene rings is 1. The summed E-state index contributed by atoms with van der Waals surface area (Å²) in [5.41, 5.74) is 45.2. The lowest BCUT2D eigenvalue weighted by molar-refractivity contribution is 1.06. The summed E-state index contributed by atoms with van der Waals surface area (Å²) in [6.07, 6.45) is 12.4. The highest BCUT2D eigenvalue weighted by Gasteiger charge is 2.40. The molecule has 0 radical (unpaired) electrons. The molecule has 0 unspecified atom stereocenters. The van der Waals surface area contributed by atoms with Gasteiger partial charge in [-0.1, -0.05) is 83.1 Å². The van der Waals surface area contributed by atoms with Crippen LogP contribution in [0.4, 0.5) is 0 Å². The van der Waals surface area contributed by atoms with Crippen LogP contribution in [0.25, 0.3) is 99.3 Å². The molecule has 0 atom stereocenters. The summed E-state index contributed by atoms with van der Waals surface area (Å²) in [5.74, 6) is 0. The van der Waals surface area contributed by atoms with Crippen LogP contribution in [-0.4, -0.2) is 26.4 Å². The van der Waals surface area contributed by atoms with Crippen molar-refractivity contribution in [3.05, 3.63) is 66.8 Å². The van der Waals surface area contributed by atoms with Gasteiger partial charge in [0, 0.05) is 0 Å². The minimum absolute atomic E-state index is 1.03. The molecule has 6 heteroatoms. The molecule has 0 spiro atoms. The molecule has 0 aliphatic rings. The first-order valence-corrected chi connectivity index (χ1v) is 24.3. The highest BCUT2D eigenvalue weighted by Crippen LogP contribution is 2.55. The second kappa shape index (κ2) is 11.4. The van der Waals surface area contributed by atoms with E-state index >= 15 is 0 Å². The molecule has 1 aromatic carbocycles. The summed E-state index contributed by atoms with van der Waals surface area (Å²) >= 11 is 0. The van der Waals surface area contributed by atoms with Crippen molar-refractivity contribution in [1.82, 2.24) is 26.4 Å². The van der Waals surface area contributed by atoms with E-state index in [1.165, 1.54) is 99.3 Å². The third-order valence-corrected chi connectivity index (χ3v) is 16.6. The van der Waals surface area contributed by atoms with Gasteiger partial charge in [0.1, 0.15) is 0 Å². The summed E-state index contributed by atoms with van der Waals surface area (Å²) in [6.45, 7) is 29.2. The molecule has 6 nitrogen and oxygen atoms in total. The summed E-state index contributed by atoms with van der Waals surface area (Å²) in [7, 11) is 0. The molecule has 0 saturated carbocycles. The van der Waals surface area contributed by atoms with Crippen LogP contribution in [0, 0.1) is 0 Å². The third kappa shape index (κ3) is 3.20. The molecule has 0 amide bonds. The molecule has 306 valence electrons. The van der Waals surface area contributed by atoms with Crippen LogP contribution in [0.5, 0.6) is 0 Å². The Labute approximate surface area is 351 Å². The fraction of sp³-hybridized carbons (Fsp3) is 0.444. The van der Waals surface area contributed by atoms with E-state index in [0.29, 0.717) is 0 Å². The lowest BCUT2D eigenvalue weighted by Crippen LogP contribution is -2.14.